The summed E-state index contributed by atoms with van der Waals surface area (Å²) in [6.45, 7) is 3.88. The van der Waals surface area contributed by atoms with Gasteiger partial charge < -0.3 is 4.74 Å². The largest absolute Gasteiger partial charge is 0.376 e. The van der Waals surface area contributed by atoms with Crippen molar-refractivity contribution in [2.24, 2.45) is 0 Å². The van der Waals surface area contributed by atoms with Crippen molar-refractivity contribution in [3.8, 4) is 0 Å². The Hall–Kier alpha value is -1.23. The van der Waals surface area contributed by atoms with Gasteiger partial charge in [-0.3, -0.25) is 4.90 Å². The van der Waals surface area contributed by atoms with Crippen molar-refractivity contribution in [1.29, 1.82) is 0 Å². The number of morpholine rings is 1. The summed E-state index contributed by atoms with van der Waals surface area (Å²) >= 11 is 1.74. The van der Waals surface area contributed by atoms with E-state index >= 15 is 0 Å². The number of aryl methyl sites for hydroxylation is 1. The average molecular weight is 302 g/mol. The van der Waals surface area contributed by atoms with Crippen LogP contribution in [0.1, 0.15) is 23.4 Å². The van der Waals surface area contributed by atoms with Gasteiger partial charge in [-0.25, -0.2) is 4.98 Å². The molecule has 1 fully saturated rings. The monoisotopic (exact) mass is 302 g/mol. The third-order valence-electron chi connectivity index (χ3n) is 3.90. The SMILES string of the molecule is c1ccc(CCC[C@@H]2CN(Cc3nccs3)CCO2)cc1. The smallest absolute Gasteiger partial charge is 0.107 e. The van der Waals surface area contributed by atoms with Crippen molar-refractivity contribution < 1.29 is 4.74 Å². The molecule has 21 heavy (non-hydrogen) atoms. The summed E-state index contributed by atoms with van der Waals surface area (Å²) < 4.78 is 5.91. The molecule has 1 saturated heterocycles. The van der Waals surface area contributed by atoms with Crippen LogP contribution in [0.2, 0.25) is 0 Å². The Kier molecular flexibility index (Phi) is 5.38. The van der Waals surface area contributed by atoms with Crippen LogP contribution in [-0.4, -0.2) is 35.7 Å². The molecule has 1 aliphatic heterocycles. The zero-order valence-electron chi connectivity index (χ0n) is 12.3. The van der Waals surface area contributed by atoms with E-state index < -0.39 is 0 Å². The number of hydrogen-bond donors (Lipinski definition) is 0. The third kappa shape index (κ3) is 4.63. The maximum Gasteiger partial charge on any atom is 0.107 e. The fourth-order valence-electron chi connectivity index (χ4n) is 2.80. The van der Waals surface area contributed by atoms with Crippen molar-refractivity contribution in [3.63, 3.8) is 0 Å². The molecule has 1 atom stereocenters. The number of thiazole rings is 1. The molecule has 0 unspecified atom stereocenters. The Morgan fingerprint density at radius 1 is 1.29 bits per heavy atom. The first-order valence-electron chi connectivity index (χ1n) is 7.66. The predicted molar refractivity (Wildman–Crippen MR) is 86.5 cm³/mol. The lowest BCUT2D eigenvalue weighted by atomic mass is 10.1. The Morgan fingerprint density at radius 2 is 2.19 bits per heavy atom. The second-order valence-electron chi connectivity index (χ2n) is 5.53. The van der Waals surface area contributed by atoms with Gasteiger partial charge in [0.05, 0.1) is 19.3 Å². The first-order chi connectivity index (χ1) is 10.4. The van der Waals surface area contributed by atoms with Crippen molar-refractivity contribution in [2.75, 3.05) is 19.7 Å². The number of rotatable bonds is 6. The normalized spacial score (nSPS) is 19.7. The van der Waals surface area contributed by atoms with Crippen molar-refractivity contribution in [2.45, 2.75) is 31.9 Å². The summed E-state index contributed by atoms with van der Waals surface area (Å²) in [6.07, 6.45) is 5.75. The molecule has 1 aromatic carbocycles. The molecule has 0 amide bonds. The van der Waals surface area contributed by atoms with Gasteiger partial charge >= 0.3 is 0 Å². The molecular formula is C17H22N2OS. The number of benzene rings is 1. The molecule has 4 heteroatoms. The Labute approximate surface area is 130 Å². The molecule has 0 N–H and O–H groups in total. The second kappa shape index (κ2) is 7.69. The van der Waals surface area contributed by atoms with Crippen LogP contribution < -0.4 is 0 Å². The zero-order chi connectivity index (χ0) is 14.3. The van der Waals surface area contributed by atoms with E-state index in [0.717, 1.165) is 39.1 Å². The summed E-state index contributed by atoms with van der Waals surface area (Å²) in [7, 11) is 0. The van der Waals surface area contributed by atoms with E-state index in [0.29, 0.717) is 6.10 Å². The minimum absolute atomic E-state index is 0.377. The second-order valence-corrected chi connectivity index (χ2v) is 6.51. The fraction of sp³-hybridized carbons (Fsp3) is 0.471. The van der Waals surface area contributed by atoms with Gasteiger partial charge in [-0.05, 0) is 24.8 Å². The Morgan fingerprint density at radius 3 is 3.00 bits per heavy atom. The first kappa shape index (κ1) is 14.7. The van der Waals surface area contributed by atoms with Gasteiger partial charge in [0.1, 0.15) is 5.01 Å². The minimum Gasteiger partial charge on any atom is -0.376 e. The van der Waals surface area contributed by atoms with Crippen LogP contribution in [0.25, 0.3) is 0 Å². The summed E-state index contributed by atoms with van der Waals surface area (Å²) in [5, 5.41) is 3.26. The van der Waals surface area contributed by atoms with Crippen LogP contribution in [0.15, 0.2) is 41.9 Å². The van der Waals surface area contributed by atoms with E-state index in [-0.39, 0.29) is 0 Å². The highest BCUT2D eigenvalue weighted by atomic mass is 32.1. The average Bonchev–Trinajstić information content (AvgIpc) is 3.02. The summed E-state index contributed by atoms with van der Waals surface area (Å²) in [4.78, 5) is 6.84. The third-order valence-corrected chi connectivity index (χ3v) is 4.66. The molecule has 0 spiro atoms. The highest BCUT2D eigenvalue weighted by Gasteiger charge is 2.20. The molecule has 2 aromatic rings. The van der Waals surface area contributed by atoms with Gasteiger partial charge in [0, 0.05) is 24.7 Å². The van der Waals surface area contributed by atoms with Gasteiger partial charge in [0.15, 0.2) is 0 Å². The van der Waals surface area contributed by atoms with E-state index in [1.807, 2.05) is 11.6 Å². The molecule has 1 aromatic heterocycles. The standard InChI is InChI=1S/C17H22N2OS/c1-2-5-15(6-3-1)7-4-8-16-13-19(10-11-20-16)14-17-18-9-12-21-17/h1-3,5-6,9,12,16H,4,7-8,10-11,13-14H2/t16-/m1/s1. The quantitative estimate of drug-likeness (QED) is 0.818. The first-order valence-corrected chi connectivity index (χ1v) is 8.54. The van der Waals surface area contributed by atoms with Crippen LogP contribution in [-0.2, 0) is 17.7 Å². The molecule has 0 bridgehead atoms. The van der Waals surface area contributed by atoms with E-state index in [1.165, 1.54) is 17.0 Å². The maximum absolute atomic E-state index is 5.91. The van der Waals surface area contributed by atoms with E-state index in [1.54, 1.807) is 11.3 Å². The van der Waals surface area contributed by atoms with E-state index in [2.05, 4.69) is 40.2 Å². The van der Waals surface area contributed by atoms with Gasteiger partial charge in [-0.1, -0.05) is 30.3 Å². The lowest BCUT2D eigenvalue weighted by molar-refractivity contribution is -0.0355. The number of nitrogens with zero attached hydrogens (tertiary/aromatic N) is 2. The van der Waals surface area contributed by atoms with Crippen LogP contribution in [0.5, 0.6) is 0 Å². The molecule has 0 aliphatic carbocycles. The summed E-state index contributed by atoms with van der Waals surface area (Å²) in [5.74, 6) is 0. The molecule has 2 heterocycles. The molecule has 1 aliphatic rings. The maximum atomic E-state index is 5.91. The van der Waals surface area contributed by atoms with Gasteiger partial charge in [0.2, 0.25) is 0 Å². The Bertz CT molecular complexity index is 515. The lowest BCUT2D eigenvalue weighted by Gasteiger charge is -2.32. The van der Waals surface area contributed by atoms with Gasteiger partial charge in [0.25, 0.3) is 0 Å². The lowest BCUT2D eigenvalue weighted by Crippen LogP contribution is -2.41. The highest BCUT2D eigenvalue weighted by molar-refractivity contribution is 7.09. The van der Waals surface area contributed by atoms with E-state index in [4.69, 9.17) is 4.74 Å². The van der Waals surface area contributed by atoms with E-state index in [9.17, 15) is 0 Å². The Balaban J connectivity index is 1.41. The summed E-state index contributed by atoms with van der Waals surface area (Å²) in [5.41, 5.74) is 1.42. The number of ether oxygens (including phenoxy) is 1. The molecule has 0 saturated carbocycles. The van der Waals surface area contributed by atoms with Crippen LogP contribution >= 0.6 is 11.3 Å². The summed E-state index contributed by atoms with van der Waals surface area (Å²) in [6, 6.07) is 10.7. The van der Waals surface area contributed by atoms with Crippen molar-refractivity contribution in [3.05, 3.63) is 52.5 Å². The fourth-order valence-corrected chi connectivity index (χ4v) is 3.46. The topological polar surface area (TPSA) is 25.4 Å². The van der Waals surface area contributed by atoms with Crippen molar-refractivity contribution in [1.82, 2.24) is 9.88 Å². The van der Waals surface area contributed by atoms with Gasteiger partial charge in [-0.2, -0.15) is 0 Å². The van der Waals surface area contributed by atoms with Crippen LogP contribution in [0, 0.1) is 0 Å². The minimum atomic E-state index is 0.377. The van der Waals surface area contributed by atoms with Crippen LogP contribution in [0.3, 0.4) is 0 Å². The zero-order valence-corrected chi connectivity index (χ0v) is 13.1. The van der Waals surface area contributed by atoms with Crippen LogP contribution in [0.4, 0.5) is 0 Å². The highest BCUT2D eigenvalue weighted by Crippen LogP contribution is 2.16. The predicted octanol–water partition coefficient (Wildman–Crippen LogP) is 3.37. The van der Waals surface area contributed by atoms with Crippen molar-refractivity contribution >= 4 is 11.3 Å². The molecular weight excluding hydrogens is 280 g/mol. The molecule has 3 rings (SSSR count). The number of hydrogen-bond acceptors (Lipinski definition) is 4. The molecule has 112 valence electrons. The molecule has 0 radical (unpaired) electrons. The van der Waals surface area contributed by atoms with Gasteiger partial charge in [-0.15, -0.1) is 11.3 Å². The molecule has 3 nitrogen and oxygen atoms in total. The number of aromatic nitrogens is 1.